The third kappa shape index (κ3) is 9.03. The van der Waals surface area contributed by atoms with Crippen LogP contribution in [0, 0.1) is 0 Å². The fourth-order valence-electron chi connectivity index (χ4n) is 0.816. The Bertz CT molecular complexity index is 190. The van der Waals surface area contributed by atoms with E-state index in [2.05, 4.69) is 21.3 Å². The van der Waals surface area contributed by atoms with E-state index in [1.54, 1.807) is 0 Å². The second-order valence-electron chi connectivity index (χ2n) is 2.81. The van der Waals surface area contributed by atoms with Crippen LogP contribution in [0.1, 0.15) is 0 Å². The molecule has 16 heavy (non-hydrogen) atoms. The zero-order valence-corrected chi connectivity index (χ0v) is 8.95. The highest BCUT2D eigenvalue weighted by Crippen LogP contribution is 1.67. The highest BCUT2D eigenvalue weighted by molar-refractivity contribution is 5.75. The lowest BCUT2D eigenvalue weighted by atomic mass is 10.6. The van der Waals surface area contributed by atoms with E-state index in [0.29, 0.717) is 0 Å². The minimum absolute atomic E-state index is 0.116. The summed E-state index contributed by atoms with van der Waals surface area (Å²) in [4.78, 5) is 21.8. The van der Waals surface area contributed by atoms with Crippen molar-refractivity contribution in [3.05, 3.63) is 0 Å². The third-order valence-electron chi connectivity index (χ3n) is 1.49. The van der Waals surface area contributed by atoms with Crippen LogP contribution in [-0.4, -0.2) is 61.7 Å². The van der Waals surface area contributed by atoms with Crippen molar-refractivity contribution in [2.24, 2.45) is 0 Å². The van der Waals surface area contributed by atoms with E-state index in [-0.39, 0.29) is 39.4 Å². The molecular formula is C8H18N4O4. The molecule has 0 saturated heterocycles. The highest BCUT2D eigenvalue weighted by Gasteiger charge is 1.99. The predicted molar refractivity (Wildman–Crippen MR) is 57.0 cm³/mol. The van der Waals surface area contributed by atoms with Crippen LogP contribution in [0.4, 0.5) is 9.59 Å². The Morgan fingerprint density at radius 1 is 0.688 bits per heavy atom. The van der Waals surface area contributed by atoms with Gasteiger partial charge in [0.25, 0.3) is 0 Å². The van der Waals surface area contributed by atoms with Gasteiger partial charge >= 0.3 is 12.1 Å². The number of nitrogens with one attached hydrogen (secondary N) is 4. The molecule has 0 aromatic rings. The third-order valence-corrected chi connectivity index (χ3v) is 1.49. The molecule has 6 N–H and O–H groups in total. The van der Waals surface area contributed by atoms with Crippen LogP contribution in [0.3, 0.4) is 0 Å². The summed E-state index contributed by atoms with van der Waals surface area (Å²) in [6.45, 7) is 0.713. The van der Waals surface area contributed by atoms with Crippen LogP contribution in [0.2, 0.25) is 0 Å². The quantitative estimate of drug-likeness (QED) is 0.274. The number of aliphatic hydroxyl groups excluding tert-OH is 2. The van der Waals surface area contributed by atoms with E-state index in [0.717, 1.165) is 0 Å². The molecule has 0 unspecified atom stereocenters. The molecule has 0 heterocycles. The van der Waals surface area contributed by atoms with E-state index in [1.165, 1.54) is 0 Å². The number of amides is 4. The van der Waals surface area contributed by atoms with Crippen LogP contribution < -0.4 is 21.3 Å². The minimum atomic E-state index is -0.397. The zero-order chi connectivity index (χ0) is 12.2. The van der Waals surface area contributed by atoms with Crippen LogP contribution in [0.5, 0.6) is 0 Å². The van der Waals surface area contributed by atoms with Gasteiger partial charge in [0, 0.05) is 26.2 Å². The number of carbonyl (C=O) groups is 2. The van der Waals surface area contributed by atoms with Crippen molar-refractivity contribution in [2.75, 3.05) is 39.4 Å². The first kappa shape index (κ1) is 14.5. The summed E-state index contributed by atoms with van der Waals surface area (Å²) in [6.07, 6.45) is 0. The number of rotatable bonds is 7. The molecule has 0 atom stereocenters. The SMILES string of the molecule is O=C(NCCO)NCCNC(=O)NCCO. The van der Waals surface area contributed by atoms with E-state index >= 15 is 0 Å². The Hall–Kier alpha value is -1.54. The standard InChI is InChI=1S/C8H18N4O4/c13-5-3-11-7(15)9-1-2-10-8(16)12-4-6-14/h13-14H,1-6H2,(H2,9,11,15)(H2,10,12,16). The fourth-order valence-corrected chi connectivity index (χ4v) is 0.816. The number of hydrogen-bond acceptors (Lipinski definition) is 4. The van der Waals surface area contributed by atoms with E-state index < -0.39 is 12.1 Å². The molecule has 0 aliphatic carbocycles. The molecule has 8 nitrogen and oxygen atoms in total. The molecule has 0 aliphatic rings. The molecule has 0 aliphatic heterocycles. The molecule has 8 heteroatoms. The van der Waals surface area contributed by atoms with Crippen LogP contribution in [-0.2, 0) is 0 Å². The van der Waals surface area contributed by atoms with Gasteiger partial charge in [-0.25, -0.2) is 9.59 Å². The average Bonchev–Trinajstić information content (AvgIpc) is 2.29. The predicted octanol–water partition coefficient (Wildman–Crippen LogP) is -2.43. The summed E-state index contributed by atoms with van der Waals surface area (Å²) >= 11 is 0. The molecule has 0 bridgehead atoms. The largest absolute Gasteiger partial charge is 0.395 e. The van der Waals surface area contributed by atoms with Gasteiger partial charge in [-0.2, -0.15) is 0 Å². The summed E-state index contributed by atoms with van der Waals surface area (Å²) in [5.74, 6) is 0. The van der Waals surface area contributed by atoms with Crippen molar-refractivity contribution < 1.29 is 19.8 Å². The Morgan fingerprint density at radius 3 is 1.31 bits per heavy atom. The average molecular weight is 234 g/mol. The van der Waals surface area contributed by atoms with Crippen LogP contribution in [0.25, 0.3) is 0 Å². The highest BCUT2D eigenvalue weighted by atomic mass is 16.3. The van der Waals surface area contributed by atoms with Crippen molar-refractivity contribution >= 4 is 12.1 Å². The molecule has 4 amide bonds. The second kappa shape index (κ2) is 9.99. The normalized spacial score (nSPS) is 9.38. The summed E-state index contributed by atoms with van der Waals surface area (Å²) in [7, 11) is 0. The van der Waals surface area contributed by atoms with E-state index in [9.17, 15) is 9.59 Å². The summed E-state index contributed by atoms with van der Waals surface area (Å²) in [5, 5.41) is 26.6. The van der Waals surface area contributed by atoms with Gasteiger partial charge in [-0.1, -0.05) is 0 Å². The number of hydrogen-bond donors (Lipinski definition) is 6. The smallest absolute Gasteiger partial charge is 0.314 e. The molecular weight excluding hydrogens is 216 g/mol. The van der Waals surface area contributed by atoms with Crippen molar-refractivity contribution in [1.29, 1.82) is 0 Å². The van der Waals surface area contributed by atoms with E-state index in [1.807, 2.05) is 0 Å². The second-order valence-corrected chi connectivity index (χ2v) is 2.81. The lowest BCUT2D eigenvalue weighted by Gasteiger charge is -2.08. The lowest BCUT2D eigenvalue weighted by molar-refractivity contribution is 0.230. The molecule has 0 spiro atoms. The molecule has 0 fully saturated rings. The van der Waals surface area contributed by atoms with Gasteiger partial charge in [0.15, 0.2) is 0 Å². The maximum Gasteiger partial charge on any atom is 0.314 e. The van der Waals surface area contributed by atoms with Crippen molar-refractivity contribution in [1.82, 2.24) is 21.3 Å². The van der Waals surface area contributed by atoms with Gasteiger partial charge in [-0.15, -0.1) is 0 Å². The maximum atomic E-state index is 10.9. The van der Waals surface area contributed by atoms with Gasteiger partial charge in [-0.3, -0.25) is 0 Å². The Labute approximate surface area is 93.4 Å². The van der Waals surface area contributed by atoms with Gasteiger partial charge in [0.05, 0.1) is 13.2 Å². The zero-order valence-electron chi connectivity index (χ0n) is 8.95. The fraction of sp³-hybridized carbons (Fsp3) is 0.750. The van der Waals surface area contributed by atoms with Gasteiger partial charge in [0.2, 0.25) is 0 Å². The maximum absolute atomic E-state index is 10.9. The molecule has 0 aromatic heterocycles. The molecule has 94 valence electrons. The molecule has 0 aromatic carbocycles. The summed E-state index contributed by atoms with van der Waals surface area (Å²) in [5.41, 5.74) is 0. The first-order chi connectivity index (χ1) is 7.70. The number of aliphatic hydroxyl groups is 2. The Balaban J connectivity index is 3.31. The number of carbonyl (C=O) groups excluding carboxylic acids is 2. The lowest BCUT2D eigenvalue weighted by Crippen LogP contribution is -2.43. The van der Waals surface area contributed by atoms with Crippen molar-refractivity contribution in [3.8, 4) is 0 Å². The Kier molecular flexibility index (Phi) is 9.03. The minimum Gasteiger partial charge on any atom is -0.395 e. The molecule has 0 rings (SSSR count). The van der Waals surface area contributed by atoms with Gasteiger partial charge in [-0.05, 0) is 0 Å². The summed E-state index contributed by atoms with van der Waals surface area (Å²) < 4.78 is 0. The van der Waals surface area contributed by atoms with Crippen LogP contribution in [0.15, 0.2) is 0 Å². The first-order valence-corrected chi connectivity index (χ1v) is 4.95. The first-order valence-electron chi connectivity index (χ1n) is 4.95. The van der Waals surface area contributed by atoms with Gasteiger partial charge in [0.1, 0.15) is 0 Å². The monoisotopic (exact) mass is 234 g/mol. The van der Waals surface area contributed by atoms with Crippen molar-refractivity contribution in [3.63, 3.8) is 0 Å². The molecule has 0 radical (unpaired) electrons. The Morgan fingerprint density at radius 2 is 1.00 bits per heavy atom. The van der Waals surface area contributed by atoms with E-state index in [4.69, 9.17) is 10.2 Å². The van der Waals surface area contributed by atoms with Crippen LogP contribution >= 0.6 is 0 Å². The topological polar surface area (TPSA) is 123 Å². The van der Waals surface area contributed by atoms with Crippen molar-refractivity contribution in [2.45, 2.75) is 0 Å². The van der Waals surface area contributed by atoms with Gasteiger partial charge < -0.3 is 31.5 Å². The molecule has 0 saturated carbocycles. The number of urea groups is 2. The summed E-state index contributed by atoms with van der Waals surface area (Å²) in [6, 6.07) is -0.793.